The first-order valence-corrected chi connectivity index (χ1v) is 9.49. The molecule has 24 heavy (non-hydrogen) atoms. The van der Waals surface area contributed by atoms with E-state index in [0.717, 1.165) is 35.2 Å². The van der Waals surface area contributed by atoms with E-state index in [1.165, 1.54) is 9.75 Å². The van der Waals surface area contributed by atoms with Gasteiger partial charge in [0.2, 0.25) is 5.13 Å². The molecular formula is C18H19N3OS2. The lowest BCUT2D eigenvalue weighted by Gasteiger charge is -2.03. The highest BCUT2D eigenvalue weighted by atomic mass is 32.1. The molecule has 0 spiro atoms. The molecule has 124 valence electrons. The number of rotatable bonds is 7. The van der Waals surface area contributed by atoms with Crippen LogP contribution in [0.2, 0.25) is 0 Å². The topological polar surface area (TPSA) is 46.5 Å². The van der Waals surface area contributed by atoms with Gasteiger partial charge in [-0.2, -0.15) is 5.10 Å². The number of nitrogens with zero attached hydrogens (tertiary/aromatic N) is 2. The molecule has 0 radical (unpaired) electrons. The maximum atomic E-state index is 5.57. The van der Waals surface area contributed by atoms with Crippen LogP contribution in [0.25, 0.3) is 10.6 Å². The Hall–Kier alpha value is -2.18. The zero-order chi connectivity index (χ0) is 16.8. The molecule has 0 atom stereocenters. The maximum absolute atomic E-state index is 5.57. The van der Waals surface area contributed by atoms with Crippen molar-refractivity contribution in [3.05, 3.63) is 52.2 Å². The quantitative estimate of drug-likeness (QED) is 0.454. The van der Waals surface area contributed by atoms with Crippen molar-refractivity contribution in [2.24, 2.45) is 5.10 Å². The second-order valence-electron chi connectivity index (χ2n) is 5.19. The minimum absolute atomic E-state index is 0.741. The summed E-state index contributed by atoms with van der Waals surface area (Å²) in [6.07, 6.45) is 2.79. The summed E-state index contributed by atoms with van der Waals surface area (Å²) in [7, 11) is 0. The van der Waals surface area contributed by atoms with Gasteiger partial charge in [0, 0.05) is 4.88 Å². The monoisotopic (exact) mass is 357 g/mol. The summed E-state index contributed by atoms with van der Waals surface area (Å²) < 4.78 is 5.57. The number of nitrogens with one attached hydrogen (secondary N) is 1. The number of thiazole rings is 1. The molecule has 2 aromatic heterocycles. The van der Waals surface area contributed by atoms with Gasteiger partial charge in [0.15, 0.2) is 0 Å². The Bertz CT molecular complexity index is 792. The molecule has 0 fully saturated rings. The van der Waals surface area contributed by atoms with Gasteiger partial charge in [-0.05, 0) is 54.6 Å². The van der Waals surface area contributed by atoms with Crippen molar-refractivity contribution >= 4 is 34.0 Å². The van der Waals surface area contributed by atoms with E-state index >= 15 is 0 Å². The van der Waals surface area contributed by atoms with Crippen LogP contribution in [0.3, 0.4) is 0 Å². The van der Waals surface area contributed by atoms with Gasteiger partial charge in [0.05, 0.1) is 23.4 Å². The lowest BCUT2D eigenvalue weighted by atomic mass is 10.2. The fraction of sp³-hybridized carbons (Fsp3) is 0.222. The molecule has 0 aliphatic carbocycles. The van der Waals surface area contributed by atoms with E-state index in [9.17, 15) is 0 Å². The predicted octanol–water partition coefficient (Wildman–Crippen LogP) is 5.41. The number of anilines is 1. The first-order chi connectivity index (χ1) is 11.8. The minimum Gasteiger partial charge on any atom is -0.494 e. The molecule has 0 saturated heterocycles. The van der Waals surface area contributed by atoms with E-state index in [0.29, 0.717) is 0 Å². The van der Waals surface area contributed by atoms with E-state index in [4.69, 9.17) is 4.74 Å². The zero-order valence-electron chi connectivity index (χ0n) is 13.7. The Labute approximate surface area is 149 Å². The van der Waals surface area contributed by atoms with Crippen molar-refractivity contribution in [2.45, 2.75) is 20.3 Å². The predicted molar refractivity (Wildman–Crippen MR) is 104 cm³/mol. The van der Waals surface area contributed by atoms with Crippen LogP contribution in [0.4, 0.5) is 5.13 Å². The first-order valence-electron chi connectivity index (χ1n) is 7.79. The van der Waals surface area contributed by atoms with E-state index in [1.807, 2.05) is 30.3 Å². The number of aromatic nitrogens is 1. The molecule has 0 unspecified atom stereocenters. The highest BCUT2D eigenvalue weighted by Gasteiger charge is 2.09. The Morgan fingerprint density at radius 1 is 1.25 bits per heavy atom. The van der Waals surface area contributed by atoms with Crippen molar-refractivity contribution in [3.8, 4) is 16.3 Å². The molecule has 2 heterocycles. The van der Waals surface area contributed by atoms with Crippen molar-refractivity contribution in [1.82, 2.24) is 4.98 Å². The summed E-state index contributed by atoms with van der Waals surface area (Å²) in [5.74, 6) is 0.887. The van der Waals surface area contributed by atoms with Crippen LogP contribution in [0.1, 0.15) is 23.8 Å². The Kier molecular flexibility index (Phi) is 5.61. The molecule has 3 rings (SSSR count). The molecule has 1 aromatic carbocycles. The largest absolute Gasteiger partial charge is 0.494 e. The van der Waals surface area contributed by atoms with Gasteiger partial charge in [-0.25, -0.2) is 4.98 Å². The fourth-order valence-corrected chi connectivity index (χ4v) is 3.73. The van der Waals surface area contributed by atoms with Crippen LogP contribution >= 0.6 is 22.7 Å². The second kappa shape index (κ2) is 8.08. The van der Waals surface area contributed by atoms with Gasteiger partial charge in [0.25, 0.3) is 0 Å². The Morgan fingerprint density at radius 2 is 2.08 bits per heavy atom. The normalized spacial score (nSPS) is 11.1. The minimum atomic E-state index is 0.741. The van der Waals surface area contributed by atoms with Crippen LogP contribution < -0.4 is 10.2 Å². The van der Waals surface area contributed by atoms with Crippen LogP contribution in [0, 0.1) is 6.92 Å². The number of hydrogen-bond acceptors (Lipinski definition) is 6. The molecule has 4 nitrogen and oxygen atoms in total. The zero-order valence-corrected chi connectivity index (χ0v) is 15.3. The van der Waals surface area contributed by atoms with Crippen LogP contribution in [0.5, 0.6) is 5.75 Å². The molecule has 0 aliphatic heterocycles. The summed E-state index contributed by atoms with van der Waals surface area (Å²) in [4.78, 5) is 6.99. The first kappa shape index (κ1) is 16.7. The summed E-state index contributed by atoms with van der Waals surface area (Å²) in [6.45, 7) is 4.92. The summed E-state index contributed by atoms with van der Waals surface area (Å²) in [5, 5.41) is 7.14. The van der Waals surface area contributed by atoms with Gasteiger partial charge < -0.3 is 4.74 Å². The van der Waals surface area contributed by atoms with Crippen molar-refractivity contribution in [3.63, 3.8) is 0 Å². The fourth-order valence-electron chi connectivity index (χ4n) is 2.12. The lowest BCUT2D eigenvalue weighted by molar-refractivity contribution is 0.317. The molecule has 6 heteroatoms. The van der Waals surface area contributed by atoms with Gasteiger partial charge >= 0.3 is 0 Å². The van der Waals surface area contributed by atoms with Gasteiger partial charge in [-0.15, -0.1) is 22.7 Å². The number of aryl methyl sites for hydroxylation is 1. The highest BCUT2D eigenvalue weighted by molar-refractivity contribution is 7.17. The third kappa shape index (κ3) is 4.21. The summed E-state index contributed by atoms with van der Waals surface area (Å²) >= 11 is 3.31. The molecule has 0 amide bonds. The van der Waals surface area contributed by atoms with Crippen LogP contribution in [-0.4, -0.2) is 17.8 Å². The number of ether oxygens (including phenoxy) is 1. The molecule has 3 aromatic rings. The van der Waals surface area contributed by atoms with Gasteiger partial charge in [-0.3, -0.25) is 5.43 Å². The average molecular weight is 358 g/mol. The van der Waals surface area contributed by atoms with E-state index in [-0.39, 0.29) is 0 Å². The highest BCUT2D eigenvalue weighted by Crippen LogP contribution is 2.32. The Morgan fingerprint density at radius 3 is 2.79 bits per heavy atom. The lowest BCUT2D eigenvalue weighted by Crippen LogP contribution is -1.95. The third-order valence-electron chi connectivity index (χ3n) is 3.28. The standard InChI is InChI=1S/C18H19N3OS2/c1-3-10-22-15-8-6-14(7-9-15)12-19-21-18-20-17(13(2)24-18)16-5-4-11-23-16/h4-9,11-12H,3,10H2,1-2H3,(H,20,21)/b19-12-. The number of hydrogen-bond donors (Lipinski definition) is 1. The number of thiophene rings is 1. The van der Waals surface area contributed by atoms with E-state index < -0.39 is 0 Å². The third-order valence-corrected chi connectivity index (χ3v) is 5.03. The van der Waals surface area contributed by atoms with Crippen LogP contribution in [-0.2, 0) is 0 Å². The molecule has 0 bridgehead atoms. The van der Waals surface area contributed by atoms with Gasteiger partial charge in [0.1, 0.15) is 5.75 Å². The SMILES string of the molecule is CCCOc1ccc(/C=N\Nc2nc(-c3cccs3)c(C)s2)cc1. The smallest absolute Gasteiger partial charge is 0.204 e. The molecular weight excluding hydrogens is 338 g/mol. The summed E-state index contributed by atoms with van der Waals surface area (Å²) in [6, 6.07) is 12.0. The number of benzene rings is 1. The second-order valence-corrected chi connectivity index (χ2v) is 7.34. The Balaban J connectivity index is 1.61. The summed E-state index contributed by atoms with van der Waals surface area (Å²) in [5.41, 5.74) is 5.06. The maximum Gasteiger partial charge on any atom is 0.204 e. The van der Waals surface area contributed by atoms with Crippen molar-refractivity contribution in [2.75, 3.05) is 12.0 Å². The molecule has 0 aliphatic rings. The van der Waals surface area contributed by atoms with Gasteiger partial charge in [-0.1, -0.05) is 13.0 Å². The van der Waals surface area contributed by atoms with Crippen molar-refractivity contribution in [1.29, 1.82) is 0 Å². The van der Waals surface area contributed by atoms with E-state index in [1.54, 1.807) is 28.9 Å². The molecule has 0 saturated carbocycles. The van der Waals surface area contributed by atoms with E-state index in [2.05, 4.69) is 40.8 Å². The van der Waals surface area contributed by atoms with Crippen molar-refractivity contribution < 1.29 is 4.74 Å². The van der Waals surface area contributed by atoms with Crippen LogP contribution in [0.15, 0.2) is 46.9 Å². The molecule has 1 N–H and O–H groups in total. The average Bonchev–Trinajstić information content (AvgIpc) is 3.23. The number of hydrazone groups is 1.